The smallest absolute Gasteiger partial charge is 0.331 e. The number of hydrogen-bond donors (Lipinski definition) is 1. The number of benzene rings is 1. The molecule has 0 unspecified atom stereocenters. The Balaban J connectivity index is 2.50. The molecule has 0 aliphatic rings. The van der Waals surface area contributed by atoms with Crippen LogP contribution in [-0.4, -0.2) is 14.2 Å². The van der Waals surface area contributed by atoms with Crippen LogP contribution in [0.5, 0.6) is 5.88 Å². The first-order chi connectivity index (χ1) is 8.95. The van der Waals surface area contributed by atoms with Gasteiger partial charge in [0.1, 0.15) is 0 Å². The molecule has 0 aliphatic heterocycles. The van der Waals surface area contributed by atoms with Crippen molar-refractivity contribution in [1.82, 2.24) is 9.13 Å². The van der Waals surface area contributed by atoms with Gasteiger partial charge in [-0.2, -0.15) is 0 Å². The Kier molecular flexibility index (Phi) is 4.06. The summed E-state index contributed by atoms with van der Waals surface area (Å²) >= 11 is 9.54. The second-order valence-corrected chi connectivity index (χ2v) is 5.59. The van der Waals surface area contributed by atoms with Crippen LogP contribution in [0.4, 0.5) is 0 Å². The zero-order valence-electron chi connectivity index (χ0n) is 10.6. The zero-order valence-corrected chi connectivity index (χ0v) is 12.9. The molecule has 6 heteroatoms. The maximum Gasteiger partial charge on any atom is 0.331 e. The van der Waals surface area contributed by atoms with Crippen LogP contribution in [-0.2, 0) is 6.54 Å². The molecule has 1 aromatic heterocycles. The Bertz CT molecular complexity index is 663. The predicted octanol–water partition coefficient (Wildman–Crippen LogP) is 3.40. The van der Waals surface area contributed by atoms with E-state index in [9.17, 15) is 9.90 Å². The number of halogens is 2. The lowest BCUT2D eigenvalue weighted by Gasteiger charge is -2.14. The fourth-order valence-corrected chi connectivity index (χ4v) is 2.88. The average molecular weight is 346 g/mol. The SMILES string of the molecule is CCn1c(O)cn([C@H](C)c2ccc(Br)cc2Cl)c1=O. The Morgan fingerprint density at radius 1 is 1.47 bits per heavy atom. The summed E-state index contributed by atoms with van der Waals surface area (Å²) in [6.07, 6.45) is 1.44. The number of hydrogen-bond acceptors (Lipinski definition) is 2. The van der Waals surface area contributed by atoms with Crippen molar-refractivity contribution >= 4 is 27.5 Å². The van der Waals surface area contributed by atoms with E-state index in [0.29, 0.717) is 11.6 Å². The molecule has 4 nitrogen and oxygen atoms in total. The standard InChI is InChI=1S/C13H14BrClN2O2/c1-3-16-12(18)7-17(13(16)19)8(2)10-5-4-9(14)6-11(10)15/h4-8,18H,3H2,1-2H3/t8-/m1/s1. The van der Waals surface area contributed by atoms with Crippen LogP contribution in [0.1, 0.15) is 25.5 Å². The fourth-order valence-electron chi connectivity index (χ4n) is 2.05. The predicted molar refractivity (Wildman–Crippen MR) is 79.0 cm³/mol. The largest absolute Gasteiger partial charge is 0.493 e. The maximum atomic E-state index is 12.1. The first kappa shape index (κ1) is 14.2. The lowest BCUT2D eigenvalue weighted by atomic mass is 10.1. The molecule has 0 radical (unpaired) electrons. The normalized spacial score (nSPS) is 12.6. The minimum Gasteiger partial charge on any atom is -0.493 e. The molecule has 0 saturated carbocycles. The van der Waals surface area contributed by atoms with E-state index < -0.39 is 0 Å². The van der Waals surface area contributed by atoms with Crippen molar-refractivity contribution in [1.29, 1.82) is 0 Å². The summed E-state index contributed by atoms with van der Waals surface area (Å²) in [6.45, 7) is 4.11. The minimum absolute atomic E-state index is 0.0346. The monoisotopic (exact) mass is 344 g/mol. The van der Waals surface area contributed by atoms with Gasteiger partial charge in [-0.05, 0) is 31.5 Å². The van der Waals surface area contributed by atoms with Crippen LogP contribution < -0.4 is 5.69 Å². The number of nitrogens with zero attached hydrogens (tertiary/aromatic N) is 2. The molecule has 1 aromatic carbocycles. The van der Waals surface area contributed by atoms with Crippen molar-refractivity contribution in [2.45, 2.75) is 26.4 Å². The molecule has 1 heterocycles. The van der Waals surface area contributed by atoms with Crippen LogP contribution in [0, 0.1) is 0 Å². The Labute approximate surface area is 124 Å². The first-order valence-electron chi connectivity index (χ1n) is 5.91. The van der Waals surface area contributed by atoms with E-state index >= 15 is 0 Å². The summed E-state index contributed by atoms with van der Waals surface area (Å²) in [6, 6.07) is 5.28. The third kappa shape index (κ3) is 2.58. The van der Waals surface area contributed by atoms with E-state index in [0.717, 1.165) is 10.0 Å². The van der Waals surface area contributed by atoms with Crippen molar-refractivity contribution in [3.63, 3.8) is 0 Å². The van der Waals surface area contributed by atoms with Gasteiger partial charge in [0.05, 0.1) is 12.2 Å². The van der Waals surface area contributed by atoms with E-state index in [2.05, 4.69) is 15.9 Å². The van der Waals surface area contributed by atoms with E-state index in [1.54, 1.807) is 6.07 Å². The van der Waals surface area contributed by atoms with Gasteiger partial charge in [-0.25, -0.2) is 4.79 Å². The second-order valence-electron chi connectivity index (χ2n) is 4.26. The van der Waals surface area contributed by atoms with E-state index in [1.807, 2.05) is 26.0 Å². The lowest BCUT2D eigenvalue weighted by molar-refractivity contribution is 0.418. The third-order valence-electron chi connectivity index (χ3n) is 3.13. The topological polar surface area (TPSA) is 47.2 Å². The van der Waals surface area contributed by atoms with Gasteiger partial charge < -0.3 is 5.11 Å². The number of rotatable bonds is 3. The molecule has 2 aromatic rings. The summed E-state index contributed by atoms with van der Waals surface area (Å²) in [5.74, 6) is -0.0346. The van der Waals surface area contributed by atoms with Crippen molar-refractivity contribution in [3.05, 3.63) is 49.9 Å². The Hall–Kier alpha value is -1.20. The highest BCUT2D eigenvalue weighted by molar-refractivity contribution is 9.10. The van der Waals surface area contributed by atoms with Crippen LogP contribution in [0.2, 0.25) is 5.02 Å². The van der Waals surface area contributed by atoms with Gasteiger partial charge in [0, 0.05) is 16.0 Å². The summed E-state index contributed by atoms with van der Waals surface area (Å²) in [4.78, 5) is 12.1. The minimum atomic E-state index is -0.244. The Morgan fingerprint density at radius 2 is 2.16 bits per heavy atom. The molecule has 0 bridgehead atoms. The molecular formula is C13H14BrClN2O2. The fraction of sp³-hybridized carbons (Fsp3) is 0.308. The summed E-state index contributed by atoms with van der Waals surface area (Å²) in [5, 5.41) is 10.3. The highest BCUT2D eigenvalue weighted by Crippen LogP contribution is 2.28. The van der Waals surface area contributed by atoms with Gasteiger partial charge in [0.15, 0.2) is 0 Å². The van der Waals surface area contributed by atoms with Crippen molar-refractivity contribution < 1.29 is 5.11 Å². The van der Waals surface area contributed by atoms with Crippen molar-refractivity contribution in [3.8, 4) is 5.88 Å². The molecule has 0 spiro atoms. The molecule has 1 N–H and O–H groups in total. The van der Waals surface area contributed by atoms with Gasteiger partial charge in [-0.3, -0.25) is 9.13 Å². The van der Waals surface area contributed by atoms with Crippen LogP contribution in [0.3, 0.4) is 0 Å². The van der Waals surface area contributed by atoms with Gasteiger partial charge in [-0.1, -0.05) is 33.6 Å². The number of imidazole rings is 1. The molecule has 0 amide bonds. The van der Waals surface area contributed by atoms with Crippen molar-refractivity contribution in [2.24, 2.45) is 0 Å². The highest BCUT2D eigenvalue weighted by Gasteiger charge is 2.17. The molecule has 2 rings (SSSR count). The number of aromatic hydroxyl groups is 1. The van der Waals surface area contributed by atoms with Crippen molar-refractivity contribution in [2.75, 3.05) is 0 Å². The summed E-state index contributed by atoms with van der Waals surface area (Å²) in [7, 11) is 0. The zero-order chi connectivity index (χ0) is 14.2. The Morgan fingerprint density at radius 3 is 2.68 bits per heavy atom. The lowest BCUT2D eigenvalue weighted by Crippen LogP contribution is -2.26. The molecular weight excluding hydrogens is 332 g/mol. The van der Waals surface area contributed by atoms with Crippen LogP contribution in [0.15, 0.2) is 33.7 Å². The van der Waals surface area contributed by atoms with Gasteiger partial charge in [0.25, 0.3) is 0 Å². The highest BCUT2D eigenvalue weighted by atomic mass is 79.9. The van der Waals surface area contributed by atoms with E-state index in [-0.39, 0.29) is 17.6 Å². The molecule has 1 atom stereocenters. The maximum absolute atomic E-state index is 12.1. The number of aromatic nitrogens is 2. The van der Waals surface area contributed by atoms with Gasteiger partial charge in [-0.15, -0.1) is 0 Å². The molecule has 102 valence electrons. The first-order valence-corrected chi connectivity index (χ1v) is 7.08. The van der Waals surface area contributed by atoms with E-state index in [1.165, 1.54) is 15.3 Å². The summed E-state index contributed by atoms with van der Waals surface area (Å²) in [5.41, 5.74) is 0.590. The van der Waals surface area contributed by atoms with Crippen LogP contribution >= 0.6 is 27.5 Å². The molecule has 0 aliphatic carbocycles. The van der Waals surface area contributed by atoms with Crippen LogP contribution in [0.25, 0.3) is 0 Å². The quantitative estimate of drug-likeness (QED) is 0.927. The van der Waals surface area contributed by atoms with E-state index in [4.69, 9.17) is 11.6 Å². The summed E-state index contributed by atoms with van der Waals surface area (Å²) < 4.78 is 3.67. The molecule has 0 fully saturated rings. The molecule has 0 saturated heterocycles. The second kappa shape index (κ2) is 5.43. The third-order valence-corrected chi connectivity index (χ3v) is 3.95. The molecule has 19 heavy (non-hydrogen) atoms. The average Bonchev–Trinajstić information content (AvgIpc) is 2.63. The van der Waals surface area contributed by atoms with Gasteiger partial charge >= 0.3 is 5.69 Å². The van der Waals surface area contributed by atoms with Gasteiger partial charge in [0.2, 0.25) is 5.88 Å².